The lowest BCUT2D eigenvalue weighted by atomic mass is 10.1. The molecule has 0 saturated carbocycles. The lowest BCUT2D eigenvalue weighted by Crippen LogP contribution is -2.06. The van der Waals surface area contributed by atoms with Crippen molar-refractivity contribution in [1.82, 2.24) is 4.98 Å². The lowest BCUT2D eigenvalue weighted by molar-refractivity contribution is 0.466. The zero-order valence-electron chi connectivity index (χ0n) is 10.7. The van der Waals surface area contributed by atoms with Crippen molar-refractivity contribution in [3.63, 3.8) is 0 Å². The van der Waals surface area contributed by atoms with Crippen LogP contribution in [0.2, 0.25) is 5.02 Å². The van der Waals surface area contributed by atoms with E-state index in [1.165, 1.54) is 12.4 Å². The monoisotopic (exact) mass is 300 g/mol. The largest absolute Gasteiger partial charge is 0.506 e. The Labute approximate surface area is 124 Å². The van der Waals surface area contributed by atoms with E-state index in [0.717, 1.165) is 0 Å². The molecule has 21 heavy (non-hydrogen) atoms. The Kier molecular flexibility index (Phi) is 3.41. The zero-order chi connectivity index (χ0) is 14.8. The van der Waals surface area contributed by atoms with Gasteiger partial charge in [0.25, 0.3) is 0 Å². The minimum Gasteiger partial charge on any atom is -0.506 e. The van der Waals surface area contributed by atoms with Crippen LogP contribution < -0.4 is 5.63 Å². The first kappa shape index (κ1) is 13.3. The van der Waals surface area contributed by atoms with Gasteiger partial charge in [0.1, 0.15) is 16.9 Å². The number of para-hydroxylation sites is 1. The summed E-state index contributed by atoms with van der Waals surface area (Å²) in [6.07, 6.45) is 2.67. The molecule has 0 aliphatic rings. The second kappa shape index (κ2) is 5.38. The standard InChI is InChI=1S/C15H9ClN2O3/c16-9-5-6-13(17-7-9)18-8-11-14(19)10-3-1-2-4-12(10)21-15(11)20/h1-8,19H. The van der Waals surface area contributed by atoms with Crippen LogP contribution in [0.5, 0.6) is 5.75 Å². The first-order valence-corrected chi connectivity index (χ1v) is 6.43. The molecular weight excluding hydrogens is 292 g/mol. The van der Waals surface area contributed by atoms with Crippen LogP contribution in [-0.2, 0) is 0 Å². The molecule has 2 aromatic heterocycles. The summed E-state index contributed by atoms with van der Waals surface area (Å²) in [4.78, 5) is 19.9. The predicted octanol–water partition coefficient (Wildman–Crippen LogP) is 3.30. The lowest BCUT2D eigenvalue weighted by Gasteiger charge is -2.02. The summed E-state index contributed by atoms with van der Waals surface area (Å²) in [5.74, 6) is 0.200. The Morgan fingerprint density at radius 2 is 2.05 bits per heavy atom. The van der Waals surface area contributed by atoms with E-state index in [4.69, 9.17) is 16.0 Å². The van der Waals surface area contributed by atoms with Crippen LogP contribution in [0, 0.1) is 0 Å². The molecule has 3 rings (SSSR count). The number of aromatic hydroxyl groups is 1. The summed E-state index contributed by atoms with van der Waals surface area (Å²) in [7, 11) is 0. The first-order chi connectivity index (χ1) is 10.1. The van der Waals surface area contributed by atoms with Gasteiger partial charge in [-0.15, -0.1) is 0 Å². The second-order valence-corrected chi connectivity index (χ2v) is 4.68. The van der Waals surface area contributed by atoms with E-state index in [1.807, 2.05) is 0 Å². The summed E-state index contributed by atoms with van der Waals surface area (Å²) in [5, 5.41) is 11.1. The molecule has 0 aliphatic carbocycles. The van der Waals surface area contributed by atoms with Crippen molar-refractivity contribution in [3.05, 3.63) is 63.6 Å². The van der Waals surface area contributed by atoms with Crippen molar-refractivity contribution < 1.29 is 9.52 Å². The van der Waals surface area contributed by atoms with E-state index in [9.17, 15) is 9.90 Å². The van der Waals surface area contributed by atoms with E-state index in [1.54, 1.807) is 36.4 Å². The van der Waals surface area contributed by atoms with Gasteiger partial charge >= 0.3 is 5.63 Å². The van der Waals surface area contributed by atoms with Crippen LogP contribution in [0.25, 0.3) is 11.0 Å². The Bertz CT molecular complexity index is 886. The third kappa shape index (κ3) is 2.64. The molecule has 6 heteroatoms. The minimum atomic E-state index is -0.663. The van der Waals surface area contributed by atoms with Crippen molar-refractivity contribution in [2.24, 2.45) is 4.99 Å². The van der Waals surface area contributed by atoms with Crippen LogP contribution in [0.3, 0.4) is 0 Å². The smallest absolute Gasteiger partial charge is 0.348 e. The van der Waals surface area contributed by atoms with Gasteiger partial charge in [-0.1, -0.05) is 23.7 Å². The molecule has 0 spiro atoms. The molecule has 0 radical (unpaired) electrons. The van der Waals surface area contributed by atoms with Gasteiger partial charge in [0.2, 0.25) is 0 Å². The highest BCUT2D eigenvalue weighted by Crippen LogP contribution is 2.25. The average Bonchev–Trinajstić information content (AvgIpc) is 2.49. The van der Waals surface area contributed by atoms with Crippen molar-refractivity contribution in [1.29, 1.82) is 0 Å². The molecule has 3 aromatic rings. The molecule has 0 unspecified atom stereocenters. The number of hydrogen-bond donors (Lipinski definition) is 1. The van der Waals surface area contributed by atoms with E-state index in [2.05, 4.69) is 9.98 Å². The fourth-order valence-corrected chi connectivity index (χ4v) is 1.95. The average molecular weight is 301 g/mol. The van der Waals surface area contributed by atoms with Crippen molar-refractivity contribution in [2.75, 3.05) is 0 Å². The van der Waals surface area contributed by atoms with Crippen LogP contribution in [0.4, 0.5) is 5.82 Å². The SMILES string of the molecule is O=c1oc2ccccc2c(O)c1C=Nc1ccc(Cl)cn1. The Hall–Kier alpha value is -2.66. The Balaban J connectivity index is 2.08. The number of pyridine rings is 1. The number of aliphatic imine (C=N–C) groups is 1. The third-order valence-corrected chi connectivity index (χ3v) is 3.08. The zero-order valence-corrected chi connectivity index (χ0v) is 11.4. The molecule has 0 atom stereocenters. The molecule has 0 fully saturated rings. The van der Waals surface area contributed by atoms with Crippen LogP contribution in [0.15, 0.2) is 56.8 Å². The van der Waals surface area contributed by atoms with Crippen molar-refractivity contribution in [3.8, 4) is 5.75 Å². The summed E-state index contributed by atoms with van der Waals surface area (Å²) in [6.45, 7) is 0. The molecule has 1 aromatic carbocycles. The van der Waals surface area contributed by atoms with Gasteiger partial charge in [0.05, 0.1) is 10.4 Å². The number of aromatic nitrogens is 1. The number of fused-ring (bicyclic) bond motifs is 1. The number of halogens is 1. The molecular formula is C15H9ClN2O3. The van der Waals surface area contributed by atoms with Gasteiger partial charge in [-0.25, -0.2) is 14.8 Å². The second-order valence-electron chi connectivity index (χ2n) is 4.24. The first-order valence-electron chi connectivity index (χ1n) is 6.05. The Morgan fingerprint density at radius 1 is 1.24 bits per heavy atom. The maximum absolute atomic E-state index is 11.9. The van der Waals surface area contributed by atoms with E-state index in [-0.39, 0.29) is 11.3 Å². The molecule has 0 saturated heterocycles. The summed E-state index contributed by atoms with van der Waals surface area (Å²) in [6, 6.07) is 9.95. The van der Waals surface area contributed by atoms with Crippen LogP contribution in [0.1, 0.15) is 5.56 Å². The van der Waals surface area contributed by atoms with Gasteiger partial charge in [-0.05, 0) is 24.3 Å². The maximum atomic E-state index is 11.9. The third-order valence-electron chi connectivity index (χ3n) is 2.86. The van der Waals surface area contributed by atoms with Gasteiger partial charge in [0.15, 0.2) is 5.82 Å². The molecule has 0 amide bonds. The summed E-state index contributed by atoms with van der Waals surface area (Å²) < 4.78 is 5.13. The molecule has 0 aliphatic heterocycles. The Morgan fingerprint density at radius 3 is 2.81 bits per heavy atom. The molecule has 2 heterocycles. The number of nitrogens with zero attached hydrogens (tertiary/aromatic N) is 2. The van der Waals surface area contributed by atoms with Crippen molar-refractivity contribution >= 4 is 34.6 Å². The van der Waals surface area contributed by atoms with Gasteiger partial charge in [-0.2, -0.15) is 0 Å². The highest BCUT2D eigenvalue weighted by atomic mass is 35.5. The van der Waals surface area contributed by atoms with E-state index in [0.29, 0.717) is 21.8 Å². The highest BCUT2D eigenvalue weighted by Gasteiger charge is 2.11. The van der Waals surface area contributed by atoms with E-state index < -0.39 is 5.63 Å². The molecule has 5 nitrogen and oxygen atoms in total. The number of benzene rings is 1. The summed E-state index contributed by atoms with van der Waals surface area (Å²) >= 11 is 5.73. The fourth-order valence-electron chi connectivity index (χ4n) is 1.84. The number of rotatable bonds is 2. The van der Waals surface area contributed by atoms with Crippen LogP contribution >= 0.6 is 11.6 Å². The van der Waals surface area contributed by atoms with Crippen molar-refractivity contribution in [2.45, 2.75) is 0 Å². The van der Waals surface area contributed by atoms with E-state index >= 15 is 0 Å². The van der Waals surface area contributed by atoms with Crippen LogP contribution in [-0.4, -0.2) is 16.3 Å². The fraction of sp³-hybridized carbons (Fsp3) is 0. The summed E-state index contributed by atoms with van der Waals surface area (Å²) in [5.41, 5.74) is -0.365. The van der Waals surface area contributed by atoms with Gasteiger partial charge in [0, 0.05) is 12.4 Å². The van der Waals surface area contributed by atoms with Gasteiger partial charge < -0.3 is 9.52 Å². The topological polar surface area (TPSA) is 75.7 Å². The predicted molar refractivity (Wildman–Crippen MR) is 80.6 cm³/mol. The normalized spacial score (nSPS) is 11.3. The minimum absolute atomic E-state index is 0.0227. The highest BCUT2D eigenvalue weighted by molar-refractivity contribution is 6.30. The maximum Gasteiger partial charge on any atom is 0.348 e. The van der Waals surface area contributed by atoms with Gasteiger partial charge in [-0.3, -0.25) is 0 Å². The molecule has 0 bridgehead atoms. The molecule has 104 valence electrons. The number of hydrogen-bond acceptors (Lipinski definition) is 5. The molecule has 1 N–H and O–H groups in total. The quantitative estimate of drug-likeness (QED) is 0.582.